The van der Waals surface area contributed by atoms with Crippen molar-refractivity contribution in [2.75, 3.05) is 0 Å². The molecule has 2 aromatic heterocycles. The number of fused-ring (bicyclic) bond motifs is 1. The molecule has 1 amide bonds. The summed E-state index contributed by atoms with van der Waals surface area (Å²) in [7, 11) is 0. The van der Waals surface area contributed by atoms with Gasteiger partial charge in [0.05, 0.1) is 17.1 Å². The number of imidazole rings is 1. The fraction of sp³-hybridized carbons (Fsp3) is 0.136. The zero-order valence-electron chi connectivity index (χ0n) is 15.8. The summed E-state index contributed by atoms with van der Waals surface area (Å²) in [6.07, 6.45) is 3.28. The third-order valence-corrected chi connectivity index (χ3v) is 4.76. The Labute approximate surface area is 165 Å². The van der Waals surface area contributed by atoms with Gasteiger partial charge in [0, 0.05) is 18.5 Å². The quantitative estimate of drug-likeness (QED) is 0.572. The van der Waals surface area contributed by atoms with E-state index < -0.39 is 17.8 Å². The molecule has 1 N–H and O–H groups in total. The fourth-order valence-corrected chi connectivity index (χ4v) is 3.19. The number of hydrogen-bond donors (Lipinski definition) is 1. The van der Waals surface area contributed by atoms with Gasteiger partial charge in [0.15, 0.2) is 11.2 Å². The smallest absolute Gasteiger partial charge is 0.287 e. The second-order valence-electron chi connectivity index (χ2n) is 6.72. The Balaban J connectivity index is 1.57. The summed E-state index contributed by atoms with van der Waals surface area (Å²) in [5, 5.41) is 3.15. The summed E-state index contributed by atoms with van der Waals surface area (Å²) < 4.78 is 21.8. The maximum absolute atomic E-state index is 14.6. The molecule has 0 bridgehead atoms. The number of nitrogens with one attached hydrogen (secondary N) is 1. The van der Waals surface area contributed by atoms with E-state index in [0.29, 0.717) is 28.0 Å². The molecule has 7 heteroatoms. The second-order valence-corrected chi connectivity index (χ2v) is 6.72. The first-order chi connectivity index (χ1) is 13.9. The molecule has 146 valence electrons. The van der Waals surface area contributed by atoms with E-state index in [9.17, 15) is 14.0 Å². The average molecular weight is 391 g/mol. The third kappa shape index (κ3) is 3.54. The number of carbonyl (C=O) groups is 1. The van der Waals surface area contributed by atoms with Crippen molar-refractivity contribution in [3.05, 3.63) is 94.1 Å². The highest BCUT2D eigenvalue weighted by molar-refractivity contribution is 5.93. The van der Waals surface area contributed by atoms with E-state index in [-0.39, 0.29) is 11.2 Å². The van der Waals surface area contributed by atoms with Crippen LogP contribution in [0.2, 0.25) is 0 Å². The van der Waals surface area contributed by atoms with Crippen molar-refractivity contribution in [3.8, 4) is 5.69 Å². The van der Waals surface area contributed by atoms with Crippen molar-refractivity contribution in [2.45, 2.75) is 19.9 Å². The normalized spacial score (nSPS) is 12.1. The van der Waals surface area contributed by atoms with Gasteiger partial charge in [-0.25, -0.2) is 9.37 Å². The first kappa shape index (κ1) is 18.6. The van der Waals surface area contributed by atoms with Crippen LogP contribution < -0.4 is 10.7 Å². The van der Waals surface area contributed by atoms with Crippen molar-refractivity contribution in [1.82, 2.24) is 14.9 Å². The molecule has 4 aromatic rings. The summed E-state index contributed by atoms with van der Waals surface area (Å²) >= 11 is 0. The number of nitrogens with zero attached hydrogens (tertiary/aromatic N) is 2. The minimum absolute atomic E-state index is 0.0910. The van der Waals surface area contributed by atoms with E-state index in [1.54, 1.807) is 67.2 Å². The van der Waals surface area contributed by atoms with Crippen LogP contribution in [0.15, 0.2) is 70.1 Å². The van der Waals surface area contributed by atoms with E-state index in [1.165, 1.54) is 6.07 Å². The summed E-state index contributed by atoms with van der Waals surface area (Å²) in [5.41, 5.74) is 1.00. The predicted molar refractivity (Wildman–Crippen MR) is 107 cm³/mol. The first-order valence-electron chi connectivity index (χ1n) is 9.07. The predicted octanol–water partition coefficient (Wildman–Crippen LogP) is 3.92. The first-order valence-corrected chi connectivity index (χ1v) is 9.07. The number of para-hydroxylation sites is 1. The van der Waals surface area contributed by atoms with Gasteiger partial charge in [-0.15, -0.1) is 0 Å². The standard InChI is InChI=1S/C22H18FN3O3/c1-13(15-7-8-18(17(23)11-15)26-10-9-24-14(26)2)25-22(28)21-12-19(27)16-5-3-4-6-20(16)29-21/h3-13H,1-2H3,(H,25,28)/t13-/m0/s1. The summed E-state index contributed by atoms with van der Waals surface area (Å²) in [6, 6.07) is 12.1. The van der Waals surface area contributed by atoms with E-state index in [4.69, 9.17) is 4.42 Å². The molecule has 0 radical (unpaired) electrons. The lowest BCUT2D eigenvalue weighted by atomic mass is 10.1. The maximum atomic E-state index is 14.6. The van der Waals surface area contributed by atoms with Crippen LogP contribution in [0.1, 0.15) is 34.9 Å². The van der Waals surface area contributed by atoms with Gasteiger partial charge >= 0.3 is 0 Å². The van der Waals surface area contributed by atoms with Gasteiger partial charge < -0.3 is 14.3 Å². The number of aryl methyl sites for hydroxylation is 1. The number of amides is 1. The highest BCUT2D eigenvalue weighted by atomic mass is 19.1. The van der Waals surface area contributed by atoms with Crippen LogP contribution in [0, 0.1) is 12.7 Å². The minimum atomic E-state index is -0.546. The summed E-state index contributed by atoms with van der Waals surface area (Å²) in [6.45, 7) is 3.52. The molecule has 0 saturated carbocycles. The molecule has 0 unspecified atom stereocenters. The summed E-state index contributed by atoms with van der Waals surface area (Å²) in [4.78, 5) is 28.8. The zero-order valence-corrected chi connectivity index (χ0v) is 15.8. The SMILES string of the molecule is Cc1nccn1-c1ccc([C@H](C)NC(=O)c2cc(=O)c3ccccc3o2)cc1F. The van der Waals surface area contributed by atoms with Gasteiger partial charge in [0.1, 0.15) is 17.2 Å². The average Bonchev–Trinajstić information content (AvgIpc) is 3.13. The van der Waals surface area contributed by atoms with Crippen molar-refractivity contribution in [2.24, 2.45) is 0 Å². The van der Waals surface area contributed by atoms with E-state index in [0.717, 1.165) is 6.07 Å². The maximum Gasteiger partial charge on any atom is 0.287 e. The van der Waals surface area contributed by atoms with Gasteiger partial charge in [-0.2, -0.15) is 0 Å². The van der Waals surface area contributed by atoms with Crippen LogP contribution in [-0.4, -0.2) is 15.5 Å². The Morgan fingerprint density at radius 3 is 2.72 bits per heavy atom. The van der Waals surface area contributed by atoms with Crippen molar-refractivity contribution in [1.29, 1.82) is 0 Å². The monoisotopic (exact) mass is 391 g/mol. The van der Waals surface area contributed by atoms with Crippen molar-refractivity contribution >= 4 is 16.9 Å². The van der Waals surface area contributed by atoms with E-state index in [1.807, 2.05) is 0 Å². The van der Waals surface area contributed by atoms with Crippen LogP contribution in [0.4, 0.5) is 4.39 Å². The molecule has 0 aliphatic rings. The van der Waals surface area contributed by atoms with Crippen LogP contribution in [0.25, 0.3) is 16.7 Å². The highest BCUT2D eigenvalue weighted by Crippen LogP contribution is 2.21. The number of benzene rings is 2. The van der Waals surface area contributed by atoms with Crippen LogP contribution >= 0.6 is 0 Å². The molecule has 0 spiro atoms. The largest absolute Gasteiger partial charge is 0.451 e. The number of halogens is 1. The Morgan fingerprint density at radius 1 is 1.21 bits per heavy atom. The van der Waals surface area contributed by atoms with Crippen LogP contribution in [0.5, 0.6) is 0 Å². The molecular formula is C22H18FN3O3. The third-order valence-electron chi connectivity index (χ3n) is 4.76. The van der Waals surface area contributed by atoms with Crippen molar-refractivity contribution < 1.29 is 13.6 Å². The fourth-order valence-electron chi connectivity index (χ4n) is 3.19. The van der Waals surface area contributed by atoms with Gasteiger partial charge in [-0.05, 0) is 43.7 Å². The number of carbonyl (C=O) groups excluding carboxylic acids is 1. The van der Waals surface area contributed by atoms with Gasteiger partial charge in [0.25, 0.3) is 5.91 Å². The topological polar surface area (TPSA) is 77.1 Å². The molecule has 0 aliphatic heterocycles. The lowest BCUT2D eigenvalue weighted by Gasteiger charge is -2.16. The van der Waals surface area contributed by atoms with E-state index >= 15 is 0 Å². The lowest BCUT2D eigenvalue weighted by molar-refractivity contribution is 0.0912. The molecule has 2 heterocycles. The second kappa shape index (κ2) is 7.35. The number of aromatic nitrogens is 2. The van der Waals surface area contributed by atoms with E-state index in [2.05, 4.69) is 10.3 Å². The number of hydrogen-bond acceptors (Lipinski definition) is 4. The Bertz CT molecular complexity index is 1280. The van der Waals surface area contributed by atoms with Gasteiger partial charge in [0.2, 0.25) is 0 Å². The number of rotatable bonds is 4. The Hall–Kier alpha value is -3.74. The highest BCUT2D eigenvalue weighted by Gasteiger charge is 2.17. The zero-order chi connectivity index (χ0) is 20.5. The molecule has 0 aliphatic carbocycles. The molecule has 0 saturated heterocycles. The van der Waals surface area contributed by atoms with Crippen LogP contribution in [-0.2, 0) is 0 Å². The lowest BCUT2D eigenvalue weighted by Crippen LogP contribution is -2.27. The molecule has 1 atom stereocenters. The van der Waals surface area contributed by atoms with Gasteiger partial charge in [-0.3, -0.25) is 9.59 Å². The molecular weight excluding hydrogens is 373 g/mol. The molecule has 0 fully saturated rings. The molecule has 6 nitrogen and oxygen atoms in total. The Morgan fingerprint density at radius 2 is 2.00 bits per heavy atom. The molecule has 29 heavy (non-hydrogen) atoms. The Kier molecular flexibility index (Phi) is 4.72. The van der Waals surface area contributed by atoms with Crippen molar-refractivity contribution in [3.63, 3.8) is 0 Å². The summed E-state index contributed by atoms with van der Waals surface area (Å²) in [5.74, 6) is -0.395. The molecule has 4 rings (SSSR count). The van der Waals surface area contributed by atoms with Crippen LogP contribution in [0.3, 0.4) is 0 Å². The van der Waals surface area contributed by atoms with Gasteiger partial charge in [-0.1, -0.05) is 18.2 Å². The minimum Gasteiger partial charge on any atom is -0.451 e. The molecule has 2 aromatic carbocycles.